The highest BCUT2D eigenvalue weighted by Crippen LogP contribution is 2.40. The molecule has 22 heavy (non-hydrogen) atoms. The second kappa shape index (κ2) is 5.14. The van der Waals surface area contributed by atoms with Crippen LogP contribution < -0.4 is 0 Å². The molecule has 1 aromatic heterocycles. The minimum Gasteiger partial charge on any atom is -0.507 e. The Balaban J connectivity index is 1.97. The number of rotatable bonds is 1. The zero-order valence-electron chi connectivity index (χ0n) is 11.3. The molecule has 0 saturated heterocycles. The van der Waals surface area contributed by atoms with Crippen LogP contribution in [0.5, 0.6) is 5.75 Å². The van der Waals surface area contributed by atoms with Gasteiger partial charge in [-0.3, -0.25) is 0 Å². The molecule has 4 aromatic rings. The van der Waals surface area contributed by atoms with E-state index in [9.17, 15) is 5.11 Å². The number of benzene rings is 3. The predicted molar refractivity (Wildman–Crippen MR) is 96.2 cm³/mol. The number of hydrogen-bond donors (Lipinski definition) is 1. The third-order valence-electron chi connectivity index (χ3n) is 3.73. The summed E-state index contributed by atoms with van der Waals surface area (Å²) in [5, 5.41) is 12.8. The molecular formula is C18H10Br2O2. The van der Waals surface area contributed by atoms with Gasteiger partial charge in [-0.2, -0.15) is 0 Å². The summed E-state index contributed by atoms with van der Waals surface area (Å²) in [5.41, 5.74) is 1.85. The summed E-state index contributed by atoms with van der Waals surface area (Å²) in [4.78, 5) is 0. The molecule has 0 fully saturated rings. The first-order chi connectivity index (χ1) is 10.6. The molecule has 0 bridgehead atoms. The van der Waals surface area contributed by atoms with Crippen molar-refractivity contribution in [1.82, 2.24) is 0 Å². The molecule has 0 unspecified atom stereocenters. The standard InChI is InChI=1S/C18H10Br2O2/c19-16-12-7-5-11(9-10(12)6-8-14(16)21)18-17(20)13-3-1-2-4-15(13)22-18/h1-9,21H. The van der Waals surface area contributed by atoms with Gasteiger partial charge < -0.3 is 9.52 Å². The maximum Gasteiger partial charge on any atom is 0.149 e. The number of fused-ring (bicyclic) bond motifs is 2. The molecule has 108 valence electrons. The maximum absolute atomic E-state index is 9.77. The van der Waals surface area contributed by atoms with Crippen LogP contribution in [0.15, 0.2) is 68.0 Å². The van der Waals surface area contributed by atoms with Gasteiger partial charge in [-0.1, -0.05) is 30.3 Å². The largest absolute Gasteiger partial charge is 0.507 e. The van der Waals surface area contributed by atoms with Gasteiger partial charge in [-0.15, -0.1) is 0 Å². The Labute approximate surface area is 143 Å². The molecule has 2 nitrogen and oxygen atoms in total. The van der Waals surface area contributed by atoms with E-state index in [1.54, 1.807) is 6.07 Å². The summed E-state index contributed by atoms with van der Waals surface area (Å²) in [7, 11) is 0. The Morgan fingerprint density at radius 3 is 2.45 bits per heavy atom. The Hall–Kier alpha value is -1.78. The maximum atomic E-state index is 9.77. The van der Waals surface area contributed by atoms with E-state index in [2.05, 4.69) is 37.9 Å². The minimum absolute atomic E-state index is 0.241. The van der Waals surface area contributed by atoms with E-state index in [-0.39, 0.29) is 5.75 Å². The van der Waals surface area contributed by atoms with Crippen LogP contribution in [0.25, 0.3) is 33.1 Å². The Bertz CT molecular complexity index is 1020. The number of aromatic hydroxyl groups is 1. The molecule has 1 N–H and O–H groups in total. The predicted octanol–water partition coefficient (Wildman–Crippen LogP) is 6.48. The third kappa shape index (κ3) is 2.06. The zero-order chi connectivity index (χ0) is 15.3. The normalized spacial score (nSPS) is 11.4. The molecule has 0 radical (unpaired) electrons. The number of para-hydroxylation sites is 1. The van der Waals surface area contributed by atoms with E-state index in [1.807, 2.05) is 42.5 Å². The van der Waals surface area contributed by atoms with E-state index in [1.165, 1.54) is 0 Å². The van der Waals surface area contributed by atoms with Gasteiger partial charge >= 0.3 is 0 Å². The second-order valence-corrected chi connectivity index (χ2v) is 6.66. The van der Waals surface area contributed by atoms with Gasteiger partial charge in [0.05, 0.1) is 8.95 Å². The average Bonchev–Trinajstić information content (AvgIpc) is 2.88. The summed E-state index contributed by atoms with van der Waals surface area (Å²) >= 11 is 7.06. The van der Waals surface area contributed by atoms with Crippen molar-refractivity contribution in [3.63, 3.8) is 0 Å². The van der Waals surface area contributed by atoms with Crippen molar-refractivity contribution in [2.75, 3.05) is 0 Å². The van der Waals surface area contributed by atoms with Crippen molar-refractivity contribution in [1.29, 1.82) is 0 Å². The lowest BCUT2D eigenvalue weighted by atomic mass is 10.1. The fourth-order valence-corrected chi connectivity index (χ4v) is 3.75. The van der Waals surface area contributed by atoms with Gasteiger partial charge in [-0.05, 0) is 66.9 Å². The Morgan fingerprint density at radius 2 is 1.64 bits per heavy atom. The molecular weight excluding hydrogens is 408 g/mol. The monoisotopic (exact) mass is 416 g/mol. The number of phenols is 1. The van der Waals surface area contributed by atoms with E-state index in [4.69, 9.17) is 4.42 Å². The van der Waals surface area contributed by atoms with Gasteiger partial charge in [0, 0.05) is 10.9 Å². The molecule has 0 spiro atoms. The smallest absolute Gasteiger partial charge is 0.149 e. The van der Waals surface area contributed by atoms with Crippen LogP contribution >= 0.6 is 31.9 Å². The molecule has 0 amide bonds. The summed E-state index contributed by atoms with van der Waals surface area (Å²) in [6, 6.07) is 17.6. The summed E-state index contributed by atoms with van der Waals surface area (Å²) in [6.07, 6.45) is 0. The van der Waals surface area contributed by atoms with Crippen LogP contribution in [0, 0.1) is 0 Å². The van der Waals surface area contributed by atoms with Crippen molar-refractivity contribution in [3.05, 3.63) is 63.5 Å². The molecule has 0 aliphatic carbocycles. The van der Waals surface area contributed by atoms with Crippen LogP contribution in [0.4, 0.5) is 0 Å². The van der Waals surface area contributed by atoms with Crippen molar-refractivity contribution in [2.24, 2.45) is 0 Å². The highest BCUT2D eigenvalue weighted by molar-refractivity contribution is 9.11. The lowest BCUT2D eigenvalue weighted by Crippen LogP contribution is -1.80. The molecule has 0 aliphatic rings. The molecule has 4 heteroatoms. The van der Waals surface area contributed by atoms with Gasteiger partial charge in [0.2, 0.25) is 0 Å². The van der Waals surface area contributed by atoms with Crippen LogP contribution in [-0.2, 0) is 0 Å². The van der Waals surface area contributed by atoms with Gasteiger partial charge in [0.1, 0.15) is 17.1 Å². The molecule has 3 aromatic carbocycles. The minimum atomic E-state index is 0.241. The first-order valence-corrected chi connectivity index (χ1v) is 8.32. The van der Waals surface area contributed by atoms with Crippen molar-refractivity contribution in [3.8, 4) is 17.1 Å². The lowest BCUT2D eigenvalue weighted by molar-refractivity contribution is 0.473. The van der Waals surface area contributed by atoms with Crippen LogP contribution in [0.3, 0.4) is 0 Å². The Kier molecular flexibility index (Phi) is 3.24. The second-order valence-electron chi connectivity index (χ2n) is 5.08. The molecule has 0 saturated carbocycles. The SMILES string of the molecule is Oc1ccc2cc(-c3oc4ccccc4c3Br)ccc2c1Br. The fraction of sp³-hybridized carbons (Fsp3) is 0. The quantitative estimate of drug-likeness (QED) is 0.384. The topological polar surface area (TPSA) is 33.4 Å². The summed E-state index contributed by atoms with van der Waals surface area (Å²) in [5.74, 6) is 1.05. The Morgan fingerprint density at radius 1 is 0.818 bits per heavy atom. The van der Waals surface area contributed by atoms with Crippen LogP contribution in [-0.4, -0.2) is 5.11 Å². The third-order valence-corrected chi connectivity index (χ3v) is 5.35. The van der Waals surface area contributed by atoms with E-state index in [0.717, 1.165) is 37.5 Å². The fourth-order valence-electron chi connectivity index (χ4n) is 2.62. The van der Waals surface area contributed by atoms with Crippen molar-refractivity contribution in [2.45, 2.75) is 0 Å². The average molecular weight is 418 g/mol. The summed E-state index contributed by atoms with van der Waals surface area (Å²) < 4.78 is 7.65. The number of phenolic OH excluding ortho intramolecular Hbond substituents is 1. The van der Waals surface area contributed by atoms with Gasteiger partial charge in [0.25, 0.3) is 0 Å². The molecule has 4 rings (SSSR count). The van der Waals surface area contributed by atoms with E-state index < -0.39 is 0 Å². The van der Waals surface area contributed by atoms with Crippen LogP contribution in [0.2, 0.25) is 0 Å². The highest BCUT2D eigenvalue weighted by atomic mass is 79.9. The van der Waals surface area contributed by atoms with Crippen molar-refractivity contribution >= 4 is 53.6 Å². The van der Waals surface area contributed by atoms with Gasteiger partial charge in [-0.25, -0.2) is 0 Å². The molecule has 0 aliphatic heterocycles. The molecule has 0 atom stereocenters. The summed E-state index contributed by atoms with van der Waals surface area (Å²) in [6.45, 7) is 0. The van der Waals surface area contributed by atoms with Crippen LogP contribution in [0.1, 0.15) is 0 Å². The first-order valence-electron chi connectivity index (χ1n) is 6.74. The van der Waals surface area contributed by atoms with E-state index in [0.29, 0.717) is 4.47 Å². The lowest BCUT2D eigenvalue weighted by Gasteiger charge is -2.05. The first kappa shape index (κ1) is 13.9. The van der Waals surface area contributed by atoms with E-state index >= 15 is 0 Å². The van der Waals surface area contributed by atoms with Gasteiger partial charge in [0.15, 0.2) is 0 Å². The highest BCUT2D eigenvalue weighted by Gasteiger charge is 2.14. The zero-order valence-corrected chi connectivity index (χ0v) is 14.5. The van der Waals surface area contributed by atoms with Crippen molar-refractivity contribution < 1.29 is 9.52 Å². The number of furan rings is 1. The molecule has 1 heterocycles. The number of halogens is 2. The number of hydrogen-bond acceptors (Lipinski definition) is 2.